The molecule has 3 unspecified atom stereocenters. The van der Waals surface area contributed by atoms with E-state index in [-0.39, 0.29) is 6.10 Å². The molecule has 3 rings (SSSR count). The lowest BCUT2D eigenvalue weighted by molar-refractivity contribution is -0.101. The fourth-order valence-corrected chi connectivity index (χ4v) is 3.19. The topological polar surface area (TPSA) is 32.7 Å². The molecule has 1 N–H and O–H groups in total. The van der Waals surface area contributed by atoms with Gasteiger partial charge in [0, 0.05) is 24.0 Å². The molecule has 2 aliphatic heterocycles. The lowest BCUT2D eigenvalue weighted by Gasteiger charge is -2.37. The van der Waals surface area contributed by atoms with Gasteiger partial charge in [-0.05, 0) is 37.1 Å². The molecule has 4 heteroatoms. The zero-order valence-corrected chi connectivity index (χ0v) is 11.7. The van der Waals surface area contributed by atoms with E-state index in [4.69, 9.17) is 16.3 Å². The first kappa shape index (κ1) is 13.4. The molecule has 0 bridgehead atoms. The first-order valence-electron chi connectivity index (χ1n) is 7.00. The van der Waals surface area contributed by atoms with Crippen LogP contribution in [0.5, 0.6) is 0 Å². The van der Waals surface area contributed by atoms with E-state index in [0.717, 1.165) is 30.3 Å². The second-order valence-electron chi connectivity index (χ2n) is 5.56. The van der Waals surface area contributed by atoms with Gasteiger partial charge in [-0.3, -0.25) is 4.90 Å². The number of ether oxygens (including phenoxy) is 1. The minimum absolute atomic E-state index is 0.0648. The third kappa shape index (κ3) is 3.11. The summed E-state index contributed by atoms with van der Waals surface area (Å²) in [6.07, 6.45) is 2.61. The van der Waals surface area contributed by atoms with Crippen LogP contribution in [0.2, 0.25) is 5.02 Å². The quantitative estimate of drug-likeness (QED) is 0.921. The van der Waals surface area contributed by atoms with E-state index in [1.807, 2.05) is 24.3 Å². The van der Waals surface area contributed by atoms with Gasteiger partial charge < -0.3 is 9.84 Å². The first-order valence-corrected chi connectivity index (χ1v) is 7.38. The molecule has 0 saturated carbocycles. The molecule has 0 spiro atoms. The van der Waals surface area contributed by atoms with Crippen LogP contribution in [0.4, 0.5) is 0 Å². The van der Waals surface area contributed by atoms with Gasteiger partial charge in [-0.2, -0.15) is 0 Å². The maximum atomic E-state index is 10.3. The predicted molar refractivity (Wildman–Crippen MR) is 75.5 cm³/mol. The molecule has 3 atom stereocenters. The van der Waals surface area contributed by atoms with Crippen LogP contribution in [-0.2, 0) is 11.2 Å². The maximum absolute atomic E-state index is 10.3. The number of hydrogen-bond acceptors (Lipinski definition) is 3. The highest BCUT2D eigenvalue weighted by Crippen LogP contribution is 2.24. The Balaban J connectivity index is 1.58. The highest BCUT2D eigenvalue weighted by molar-refractivity contribution is 6.30. The van der Waals surface area contributed by atoms with Gasteiger partial charge in [-0.15, -0.1) is 0 Å². The Morgan fingerprint density at radius 3 is 2.95 bits per heavy atom. The van der Waals surface area contributed by atoms with Crippen LogP contribution >= 0.6 is 11.6 Å². The van der Waals surface area contributed by atoms with Crippen molar-refractivity contribution in [3.05, 3.63) is 34.9 Å². The number of aliphatic hydroxyl groups excluding tert-OH is 1. The molecule has 0 amide bonds. The Hall–Kier alpha value is -0.610. The van der Waals surface area contributed by atoms with E-state index in [1.165, 1.54) is 12.8 Å². The highest BCUT2D eigenvalue weighted by atomic mass is 35.5. The average molecular weight is 282 g/mol. The second-order valence-corrected chi connectivity index (χ2v) is 6.00. The molecule has 0 radical (unpaired) electrons. The number of nitrogens with zero attached hydrogens (tertiary/aromatic N) is 1. The van der Waals surface area contributed by atoms with E-state index >= 15 is 0 Å². The van der Waals surface area contributed by atoms with E-state index in [0.29, 0.717) is 12.5 Å². The first-order chi connectivity index (χ1) is 9.22. The summed E-state index contributed by atoms with van der Waals surface area (Å²) in [4.78, 5) is 2.46. The molecule has 104 valence electrons. The van der Waals surface area contributed by atoms with Gasteiger partial charge in [0.2, 0.25) is 0 Å². The number of hydrogen-bond donors (Lipinski definition) is 1. The maximum Gasteiger partial charge on any atom is 0.0964 e. The van der Waals surface area contributed by atoms with E-state index in [1.54, 1.807) is 0 Å². The Kier molecular flexibility index (Phi) is 4.08. The largest absolute Gasteiger partial charge is 0.390 e. The average Bonchev–Trinajstić information content (AvgIpc) is 2.88. The summed E-state index contributed by atoms with van der Waals surface area (Å²) in [6, 6.07) is 8.24. The van der Waals surface area contributed by atoms with Crippen LogP contribution in [0, 0.1) is 0 Å². The molecule has 2 aliphatic rings. The third-order valence-electron chi connectivity index (χ3n) is 4.20. The van der Waals surface area contributed by atoms with E-state index < -0.39 is 6.10 Å². The molecule has 0 aromatic heterocycles. The zero-order valence-electron chi connectivity index (χ0n) is 11.0. The SMILES string of the molecule is OC(Cc1ccc(Cl)cc1)C1CN2CCCC2CO1. The fourth-order valence-electron chi connectivity index (χ4n) is 3.07. The van der Waals surface area contributed by atoms with Crippen molar-refractivity contribution in [1.29, 1.82) is 0 Å². The summed E-state index contributed by atoms with van der Waals surface area (Å²) in [5.74, 6) is 0. The summed E-state index contributed by atoms with van der Waals surface area (Å²) >= 11 is 5.86. The van der Waals surface area contributed by atoms with Gasteiger partial charge in [-0.25, -0.2) is 0 Å². The molecule has 1 aromatic rings. The summed E-state index contributed by atoms with van der Waals surface area (Å²) in [5.41, 5.74) is 1.10. The molecule has 0 aliphatic carbocycles. The molecule has 2 saturated heterocycles. The monoisotopic (exact) mass is 281 g/mol. The number of aliphatic hydroxyl groups is 1. The minimum Gasteiger partial charge on any atom is -0.390 e. The van der Waals surface area contributed by atoms with Crippen molar-refractivity contribution in [3.8, 4) is 0 Å². The van der Waals surface area contributed by atoms with Gasteiger partial charge in [-0.1, -0.05) is 23.7 Å². The minimum atomic E-state index is -0.442. The fraction of sp³-hybridized carbons (Fsp3) is 0.600. The third-order valence-corrected chi connectivity index (χ3v) is 4.46. The van der Waals surface area contributed by atoms with E-state index in [2.05, 4.69) is 4.90 Å². The van der Waals surface area contributed by atoms with Crippen LogP contribution < -0.4 is 0 Å². The zero-order chi connectivity index (χ0) is 13.2. The van der Waals surface area contributed by atoms with Gasteiger partial charge >= 0.3 is 0 Å². The van der Waals surface area contributed by atoms with Gasteiger partial charge in [0.05, 0.1) is 18.8 Å². The van der Waals surface area contributed by atoms with Crippen LogP contribution in [0.1, 0.15) is 18.4 Å². The standard InChI is InChI=1S/C15H20ClNO2/c16-12-5-3-11(4-6-12)8-14(18)15-9-17-7-1-2-13(17)10-19-15/h3-6,13-15,18H,1-2,7-10H2. The van der Waals surface area contributed by atoms with Crippen molar-refractivity contribution in [2.75, 3.05) is 19.7 Å². The molecular formula is C15H20ClNO2. The van der Waals surface area contributed by atoms with Crippen molar-refractivity contribution >= 4 is 11.6 Å². The van der Waals surface area contributed by atoms with Crippen LogP contribution in [-0.4, -0.2) is 48.0 Å². The molecular weight excluding hydrogens is 262 g/mol. The molecule has 3 nitrogen and oxygen atoms in total. The Labute approximate surface area is 119 Å². The van der Waals surface area contributed by atoms with Gasteiger partial charge in [0.1, 0.15) is 0 Å². The normalized spacial score (nSPS) is 29.2. The summed E-state index contributed by atoms with van der Waals surface area (Å²) in [7, 11) is 0. The molecule has 2 heterocycles. The van der Waals surface area contributed by atoms with Crippen LogP contribution in [0.25, 0.3) is 0 Å². The van der Waals surface area contributed by atoms with Crippen molar-refractivity contribution in [2.45, 2.75) is 37.5 Å². The van der Waals surface area contributed by atoms with Gasteiger partial charge in [0.25, 0.3) is 0 Å². The molecule has 1 aromatic carbocycles. The number of morpholine rings is 1. The van der Waals surface area contributed by atoms with Crippen molar-refractivity contribution in [1.82, 2.24) is 4.90 Å². The number of halogens is 1. The number of benzene rings is 1. The number of fused-ring (bicyclic) bond motifs is 1. The Morgan fingerprint density at radius 2 is 2.16 bits per heavy atom. The van der Waals surface area contributed by atoms with E-state index in [9.17, 15) is 5.11 Å². The summed E-state index contributed by atoms with van der Waals surface area (Å²) in [5, 5.41) is 11.1. The van der Waals surface area contributed by atoms with Crippen molar-refractivity contribution in [2.24, 2.45) is 0 Å². The highest BCUT2D eigenvalue weighted by Gasteiger charge is 2.35. The lowest BCUT2D eigenvalue weighted by Crippen LogP contribution is -2.50. The van der Waals surface area contributed by atoms with Crippen molar-refractivity contribution < 1.29 is 9.84 Å². The number of rotatable bonds is 3. The summed E-state index contributed by atoms with van der Waals surface area (Å²) < 4.78 is 5.83. The predicted octanol–water partition coefficient (Wildman–Crippen LogP) is 2.11. The van der Waals surface area contributed by atoms with Crippen LogP contribution in [0.3, 0.4) is 0 Å². The Morgan fingerprint density at radius 1 is 1.37 bits per heavy atom. The van der Waals surface area contributed by atoms with Crippen molar-refractivity contribution in [3.63, 3.8) is 0 Å². The van der Waals surface area contributed by atoms with Crippen LogP contribution in [0.15, 0.2) is 24.3 Å². The second kappa shape index (κ2) is 5.80. The van der Waals surface area contributed by atoms with Gasteiger partial charge in [0.15, 0.2) is 0 Å². The molecule has 2 fully saturated rings. The Bertz CT molecular complexity index is 423. The smallest absolute Gasteiger partial charge is 0.0964 e. The lowest BCUT2D eigenvalue weighted by atomic mass is 10.0. The summed E-state index contributed by atoms with van der Waals surface area (Å²) in [6.45, 7) is 2.78. The molecule has 19 heavy (non-hydrogen) atoms.